The topological polar surface area (TPSA) is 35.2 Å². The zero-order valence-corrected chi connectivity index (χ0v) is 11.9. The van der Waals surface area contributed by atoms with Crippen molar-refractivity contribution in [3.8, 4) is 5.75 Å². The van der Waals surface area contributed by atoms with Crippen molar-refractivity contribution >= 4 is 0 Å². The lowest BCUT2D eigenvalue weighted by molar-refractivity contribution is -0.0115. The lowest BCUT2D eigenvalue weighted by Gasteiger charge is -2.45. The number of rotatable bonds is 2. The molecule has 1 spiro atoms. The van der Waals surface area contributed by atoms with Gasteiger partial charge in [0.1, 0.15) is 11.4 Å². The fraction of sp³-hybridized carbons (Fsp3) is 0.647. The van der Waals surface area contributed by atoms with Crippen LogP contribution in [0.3, 0.4) is 0 Å². The Kier molecular flexibility index (Phi) is 3.53. The highest BCUT2D eigenvalue weighted by Gasteiger charge is 2.42. The first kappa shape index (κ1) is 13.0. The minimum absolute atomic E-state index is 0.0258. The Morgan fingerprint density at radius 2 is 2.00 bits per heavy atom. The van der Waals surface area contributed by atoms with Gasteiger partial charge in [-0.1, -0.05) is 38.0 Å². The average Bonchev–Trinajstić information content (AvgIpc) is 2.42. The van der Waals surface area contributed by atoms with Gasteiger partial charge in [0.2, 0.25) is 0 Å². The molecule has 3 rings (SSSR count). The van der Waals surface area contributed by atoms with E-state index in [1.165, 1.54) is 44.1 Å². The molecule has 0 unspecified atom stereocenters. The summed E-state index contributed by atoms with van der Waals surface area (Å²) in [5.41, 5.74) is 7.58. The molecule has 104 valence electrons. The van der Waals surface area contributed by atoms with E-state index < -0.39 is 0 Å². The Balaban J connectivity index is 1.74. The van der Waals surface area contributed by atoms with Crippen LogP contribution in [0.4, 0.5) is 0 Å². The molecule has 1 aromatic carbocycles. The molecule has 1 saturated carbocycles. The van der Waals surface area contributed by atoms with Gasteiger partial charge < -0.3 is 10.5 Å². The first-order valence-electron chi connectivity index (χ1n) is 7.76. The summed E-state index contributed by atoms with van der Waals surface area (Å²) in [7, 11) is 0. The summed E-state index contributed by atoms with van der Waals surface area (Å²) in [6, 6.07) is 8.43. The Hall–Kier alpha value is -1.02. The van der Waals surface area contributed by atoms with Crippen LogP contribution < -0.4 is 10.5 Å². The second-order valence-corrected chi connectivity index (χ2v) is 6.37. The first-order chi connectivity index (χ1) is 9.22. The summed E-state index contributed by atoms with van der Waals surface area (Å²) in [6.07, 6.45) is 8.65. The van der Waals surface area contributed by atoms with E-state index in [1.807, 2.05) is 6.07 Å². The van der Waals surface area contributed by atoms with Crippen molar-refractivity contribution in [3.63, 3.8) is 0 Å². The van der Waals surface area contributed by atoms with E-state index >= 15 is 0 Å². The molecule has 1 aromatic rings. The number of nitrogens with two attached hydrogens (primary N) is 1. The molecule has 1 heterocycles. The van der Waals surface area contributed by atoms with Crippen molar-refractivity contribution < 1.29 is 4.74 Å². The van der Waals surface area contributed by atoms with Crippen LogP contribution in [0.25, 0.3) is 0 Å². The minimum atomic E-state index is 0.0258. The van der Waals surface area contributed by atoms with E-state index in [-0.39, 0.29) is 11.6 Å². The summed E-state index contributed by atoms with van der Waals surface area (Å²) in [5.74, 6) is 1.93. The SMILES string of the molecule is CCCC1CCC2(CC1)C[C@@H](N)c1ccccc1O2. The highest BCUT2D eigenvalue weighted by Crippen LogP contribution is 2.46. The van der Waals surface area contributed by atoms with Gasteiger partial charge in [0.05, 0.1) is 0 Å². The molecule has 19 heavy (non-hydrogen) atoms. The van der Waals surface area contributed by atoms with Crippen molar-refractivity contribution in [1.29, 1.82) is 0 Å². The Labute approximate surface area is 116 Å². The molecule has 2 nitrogen and oxygen atoms in total. The number of para-hydroxylation sites is 1. The summed E-state index contributed by atoms with van der Waals surface area (Å²) in [5, 5.41) is 0. The molecule has 1 fully saturated rings. The van der Waals surface area contributed by atoms with Crippen LogP contribution in [0.5, 0.6) is 5.75 Å². The van der Waals surface area contributed by atoms with Gasteiger partial charge in [-0.25, -0.2) is 0 Å². The van der Waals surface area contributed by atoms with Gasteiger partial charge in [-0.3, -0.25) is 0 Å². The van der Waals surface area contributed by atoms with E-state index in [9.17, 15) is 0 Å². The summed E-state index contributed by atoms with van der Waals surface area (Å²) >= 11 is 0. The highest BCUT2D eigenvalue weighted by atomic mass is 16.5. The number of ether oxygens (including phenoxy) is 1. The standard InChI is InChI=1S/C17H25NO/c1-2-5-13-8-10-17(11-9-13)12-15(18)14-6-3-4-7-16(14)19-17/h3-4,6-7,13,15H,2,5,8-12,18H2,1H3/t13?,15-,17?/m1/s1. The summed E-state index contributed by atoms with van der Waals surface area (Å²) in [6.45, 7) is 2.29. The largest absolute Gasteiger partial charge is 0.487 e. The average molecular weight is 259 g/mol. The Morgan fingerprint density at radius 1 is 1.26 bits per heavy atom. The number of fused-ring (bicyclic) bond motifs is 1. The number of benzene rings is 1. The van der Waals surface area contributed by atoms with Gasteiger partial charge in [0.15, 0.2) is 0 Å². The fourth-order valence-corrected chi connectivity index (χ4v) is 3.87. The predicted octanol–water partition coefficient (Wildman–Crippen LogP) is 4.20. The lowest BCUT2D eigenvalue weighted by atomic mass is 9.72. The molecule has 0 saturated heterocycles. The van der Waals surface area contributed by atoms with Crippen LogP contribution in [-0.2, 0) is 0 Å². The van der Waals surface area contributed by atoms with Crippen LogP contribution in [0, 0.1) is 5.92 Å². The van der Waals surface area contributed by atoms with Gasteiger partial charge >= 0.3 is 0 Å². The second-order valence-electron chi connectivity index (χ2n) is 6.37. The summed E-state index contributed by atoms with van der Waals surface area (Å²) in [4.78, 5) is 0. The molecular weight excluding hydrogens is 234 g/mol. The molecule has 0 amide bonds. The monoisotopic (exact) mass is 259 g/mol. The maximum atomic E-state index is 6.38. The van der Waals surface area contributed by atoms with E-state index in [0.29, 0.717) is 0 Å². The molecule has 1 aliphatic heterocycles. The molecule has 0 aromatic heterocycles. The van der Waals surface area contributed by atoms with Crippen LogP contribution in [0.15, 0.2) is 24.3 Å². The van der Waals surface area contributed by atoms with E-state index in [4.69, 9.17) is 10.5 Å². The van der Waals surface area contributed by atoms with Crippen LogP contribution >= 0.6 is 0 Å². The maximum Gasteiger partial charge on any atom is 0.124 e. The van der Waals surface area contributed by atoms with E-state index in [0.717, 1.165) is 18.1 Å². The smallest absolute Gasteiger partial charge is 0.124 e. The van der Waals surface area contributed by atoms with E-state index in [2.05, 4.69) is 25.1 Å². The fourth-order valence-electron chi connectivity index (χ4n) is 3.87. The zero-order valence-electron chi connectivity index (χ0n) is 11.9. The molecule has 0 radical (unpaired) electrons. The third kappa shape index (κ3) is 2.51. The second kappa shape index (κ2) is 5.16. The Bertz CT molecular complexity index is 435. The van der Waals surface area contributed by atoms with Gasteiger partial charge in [-0.05, 0) is 37.7 Å². The van der Waals surface area contributed by atoms with Crippen molar-refractivity contribution in [2.75, 3.05) is 0 Å². The van der Waals surface area contributed by atoms with Crippen molar-refractivity contribution in [3.05, 3.63) is 29.8 Å². The first-order valence-corrected chi connectivity index (χ1v) is 7.76. The molecule has 2 N–H and O–H groups in total. The van der Waals surface area contributed by atoms with Crippen molar-refractivity contribution in [2.45, 2.75) is 63.5 Å². The van der Waals surface area contributed by atoms with Crippen molar-refractivity contribution in [2.24, 2.45) is 11.7 Å². The van der Waals surface area contributed by atoms with Crippen molar-refractivity contribution in [1.82, 2.24) is 0 Å². The van der Waals surface area contributed by atoms with Gasteiger partial charge in [0.25, 0.3) is 0 Å². The van der Waals surface area contributed by atoms with Gasteiger partial charge in [-0.2, -0.15) is 0 Å². The molecule has 2 aliphatic rings. The lowest BCUT2D eigenvalue weighted by Crippen LogP contribution is -2.45. The van der Waals surface area contributed by atoms with Crippen LogP contribution in [-0.4, -0.2) is 5.60 Å². The molecule has 2 heteroatoms. The zero-order chi connectivity index (χ0) is 13.3. The van der Waals surface area contributed by atoms with Crippen LogP contribution in [0.2, 0.25) is 0 Å². The summed E-state index contributed by atoms with van der Waals surface area (Å²) < 4.78 is 6.38. The van der Waals surface area contributed by atoms with E-state index in [1.54, 1.807) is 0 Å². The maximum absolute atomic E-state index is 6.38. The van der Waals surface area contributed by atoms with Gasteiger partial charge in [-0.15, -0.1) is 0 Å². The minimum Gasteiger partial charge on any atom is -0.487 e. The highest BCUT2D eigenvalue weighted by molar-refractivity contribution is 5.38. The molecule has 0 bridgehead atoms. The third-order valence-corrected chi connectivity index (χ3v) is 4.95. The predicted molar refractivity (Wildman–Crippen MR) is 78.2 cm³/mol. The normalized spacial score (nSPS) is 33.8. The number of hydrogen-bond donors (Lipinski definition) is 1. The third-order valence-electron chi connectivity index (χ3n) is 4.95. The molecule has 1 aliphatic carbocycles. The van der Waals surface area contributed by atoms with Crippen LogP contribution in [0.1, 0.15) is 63.5 Å². The number of hydrogen-bond acceptors (Lipinski definition) is 2. The Morgan fingerprint density at radius 3 is 2.74 bits per heavy atom. The molecular formula is C17H25NO. The van der Waals surface area contributed by atoms with Gasteiger partial charge in [0, 0.05) is 18.0 Å². The molecule has 1 atom stereocenters. The quantitative estimate of drug-likeness (QED) is 0.864.